The van der Waals surface area contributed by atoms with E-state index in [0.717, 1.165) is 11.8 Å². The Morgan fingerprint density at radius 2 is 1.89 bits per heavy atom. The highest BCUT2D eigenvalue weighted by Gasteiger charge is 2.14. The Bertz CT molecular complexity index is 558. The smallest absolute Gasteiger partial charge is 0.181 e. The predicted molar refractivity (Wildman–Crippen MR) is 65.2 cm³/mol. The minimum absolute atomic E-state index is 0.118. The molecule has 1 aromatic carbocycles. The van der Waals surface area contributed by atoms with Crippen molar-refractivity contribution in [1.82, 2.24) is 9.97 Å². The predicted octanol–water partition coefficient (Wildman–Crippen LogP) is 3.24. The SMILES string of the molecule is Cc1nccnc1C(C)Nc1cccc(F)c1F. The molecule has 0 aliphatic rings. The molecule has 3 nitrogen and oxygen atoms in total. The van der Waals surface area contributed by atoms with E-state index in [2.05, 4.69) is 15.3 Å². The van der Waals surface area contributed by atoms with E-state index in [1.54, 1.807) is 12.4 Å². The van der Waals surface area contributed by atoms with Gasteiger partial charge in [-0.3, -0.25) is 9.97 Å². The molecule has 94 valence electrons. The standard InChI is InChI=1S/C13H13F2N3/c1-8-13(17-7-6-16-8)9(2)18-11-5-3-4-10(14)12(11)15/h3-7,9,18H,1-2H3. The summed E-state index contributed by atoms with van der Waals surface area (Å²) in [5.41, 5.74) is 1.59. The molecule has 0 radical (unpaired) electrons. The van der Waals surface area contributed by atoms with Crippen LogP contribution in [0.3, 0.4) is 0 Å². The number of aryl methyl sites for hydroxylation is 1. The molecule has 2 aromatic rings. The summed E-state index contributed by atoms with van der Waals surface area (Å²) in [6.45, 7) is 3.64. The van der Waals surface area contributed by atoms with Crippen LogP contribution in [-0.2, 0) is 0 Å². The number of hydrogen-bond donors (Lipinski definition) is 1. The maximum atomic E-state index is 13.5. The maximum absolute atomic E-state index is 13.5. The van der Waals surface area contributed by atoms with Crippen LogP contribution < -0.4 is 5.32 Å². The number of benzene rings is 1. The van der Waals surface area contributed by atoms with Crippen molar-refractivity contribution >= 4 is 5.69 Å². The first-order chi connectivity index (χ1) is 8.59. The third kappa shape index (κ3) is 2.45. The van der Waals surface area contributed by atoms with Crippen molar-refractivity contribution in [3.05, 3.63) is 53.6 Å². The summed E-state index contributed by atoms with van der Waals surface area (Å²) in [6, 6.07) is 3.77. The van der Waals surface area contributed by atoms with Gasteiger partial charge < -0.3 is 5.32 Å². The lowest BCUT2D eigenvalue weighted by molar-refractivity contribution is 0.510. The first-order valence-corrected chi connectivity index (χ1v) is 5.57. The van der Waals surface area contributed by atoms with Gasteiger partial charge in [0.25, 0.3) is 0 Å². The van der Waals surface area contributed by atoms with Crippen molar-refractivity contribution in [2.75, 3.05) is 5.32 Å². The molecule has 18 heavy (non-hydrogen) atoms. The van der Waals surface area contributed by atoms with Crippen molar-refractivity contribution < 1.29 is 8.78 Å². The lowest BCUT2D eigenvalue weighted by atomic mass is 10.1. The van der Waals surface area contributed by atoms with E-state index in [4.69, 9.17) is 0 Å². The molecule has 1 unspecified atom stereocenters. The van der Waals surface area contributed by atoms with Crippen LogP contribution in [0.1, 0.15) is 24.4 Å². The summed E-state index contributed by atoms with van der Waals surface area (Å²) in [4.78, 5) is 8.30. The number of hydrogen-bond acceptors (Lipinski definition) is 3. The Balaban J connectivity index is 2.24. The van der Waals surface area contributed by atoms with Crippen LogP contribution in [0.25, 0.3) is 0 Å². The van der Waals surface area contributed by atoms with Gasteiger partial charge in [0.2, 0.25) is 0 Å². The van der Waals surface area contributed by atoms with Crippen molar-refractivity contribution in [3.63, 3.8) is 0 Å². The molecule has 0 amide bonds. The lowest BCUT2D eigenvalue weighted by Gasteiger charge is -2.16. The molecule has 0 aliphatic carbocycles. The van der Waals surface area contributed by atoms with Gasteiger partial charge in [-0.25, -0.2) is 8.78 Å². The average molecular weight is 249 g/mol. The fraction of sp³-hybridized carbons (Fsp3) is 0.231. The van der Waals surface area contributed by atoms with Crippen molar-refractivity contribution in [3.8, 4) is 0 Å². The number of anilines is 1. The number of aromatic nitrogens is 2. The van der Waals surface area contributed by atoms with Gasteiger partial charge in [-0.05, 0) is 26.0 Å². The highest BCUT2D eigenvalue weighted by Crippen LogP contribution is 2.22. The van der Waals surface area contributed by atoms with Gasteiger partial charge >= 0.3 is 0 Å². The van der Waals surface area contributed by atoms with Crippen molar-refractivity contribution in [2.24, 2.45) is 0 Å². The third-order valence-corrected chi connectivity index (χ3v) is 2.65. The number of nitrogens with one attached hydrogen (secondary N) is 1. The van der Waals surface area contributed by atoms with Crippen LogP contribution in [0.2, 0.25) is 0 Å². The van der Waals surface area contributed by atoms with Crippen LogP contribution in [-0.4, -0.2) is 9.97 Å². The molecule has 0 bridgehead atoms. The number of nitrogens with zero attached hydrogens (tertiary/aromatic N) is 2. The van der Waals surface area contributed by atoms with E-state index in [9.17, 15) is 8.78 Å². The van der Waals surface area contributed by atoms with E-state index in [-0.39, 0.29) is 11.7 Å². The molecule has 0 saturated carbocycles. The minimum atomic E-state index is -0.883. The van der Waals surface area contributed by atoms with Gasteiger partial charge in [0.1, 0.15) is 0 Å². The summed E-state index contributed by atoms with van der Waals surface area (Å²) < 4.78 is 26.6. The van der Waals surface area contributed by atoms with Gasteiger partial charge in [0.15, 0.2) is 11.6 Å². The first kappa shape index (κ1) is 12.4. The van der Waals surface area contributed by atoms with Gasteiger partial charge in [-0.2, -0.15) is 0 Å². The molecule has 0 spiro atoms. The van der Waals surface area contributed by atoms with E-state index in [0.29, 0.717) is 5.69 Å². The van der Waals surface area contributed by atoms with Crippen LogP contribution in [0, 0.1) is 18.6 Å². The Morgan fingerprint density at radius 3 is 2.61 bits per heavy atom. The summed E-state index contributed by atoms with van der Waals surface area (Å²) in [7, 11) is 0. The van der Waals surface area contributed by atoms with Crippen LogP contribution in [0.5, 0.6) is 0 Å². The Kier molecular flexibility index (Phi) is 3.50. The lowest BCUT2D eigenvalue weighted by Crippen LogP contribution is -2.12. The fourth-order valence-corrected chi connectivity index (χ4v) is 1.76. The van der Waals surface area contributed by atoms with Gasteiger partial charge in [0, 0.05) is 12.4 Å². The van der Waals surface area contributed by atoms with Crippen LogP contribution in [0.15, 0.2) is 30.6 Å². The Labute approximate surface area is 104 Å². The average Bonchev–Trinajstić information content (AvgIpc) is 2.35. The van der Waals surface area contributed by atoms with E-state index < -0.39 is 11.6 Å². The van der Waals surface area contributed by atoms with E-state index in [1.807, 2.05) is 13.8 Å². The van der Waals surface area contributed by atoms with E-state index >= 15 is 0 Å². The van der Waals surface area contributed by atoms with Crippen molar-refractivity contribution in [1.29, 1.82) is 0 Å². The fourth-order valence-electron chi connectivity index (χ4n) is 1.76. The van der Waals surface area contributed by atoms with Gasteiger partial charge in [-0.1, -0.05) is 6.07 Å². The third-order valence-electron chi connectivity index (χ3n) is 2.65. The van der Waals surface area contributed by atoms with Gasteiger partial charge in [0.05, 0.1) is 23.1 Å². The second-order valence-corrected chi connectivity index (χ2v) is 3.99. The second kappa shape index (κ2) is 5.08. The monoisotopic (exact) mass is 249 g/mol. The molecular weight excluding hydrogens is 236 g/mol. The largest absolute Gasteiger partial charge is 0.374 e. The van der Waals surface area contributed by atoms with Crippen LogP contribution in [0.4, 0.5) is 14.5 Å². The van der Waals surface area contributed by atoms with Crippen molar-refractivity contribution in [2.45, 2.75) is 19.9 Å². The molecule has 0 saturated heterocycles. The quantitative estimate of drug-likeness (QED) is 0.907. The summed E-state index contributed by atoms with van der Waals surface area (Å²) >= 11 is 0. The second-order valence-electron chi connectivity index (χ2n) is 3.99. The molecule has 0 aliphatic heterocycles. The Hall–Kier alpha value is -2.04. The zero-order chi connectivity index (χ0) is 13.1. The highest BCUT2D eigenvalue weighted by atomic mass is 19.2. The molecule has 1 heterocycles. The molecule has 1 N–H and O–H groups in total. The zero-order valence-corrected chi connectivity index (χ0v) is 10.1. The number of halogens is 2. The molecule has 0 fully saturated rings. The normalized spacial score (nSPS) is 12.2. The molecular formula is C13H13F2N3. The minimum Gasteiger partial charge on any atom is -0.374 e. The molecule has 1 atom stereocenters. The zero-order valence-electron chi connectivity index (χ0n) is 10.1. The summed E-state index contributed by atoms with van der Waals surface area (Å²) in [6.07, 6.45) is 3.16. The topological polar surface area (TPSA) is 37.8 Å². The highest BCUT2D eigenvalue weighted by molar-refractivity contribution is 5.46. The van der Waals surface area contributed by atoms with E-state index in [1.165, 1.54) is 12.1 Å². The molecule has 5 heteroatoms. The summed E-state index contributed by atoms with van der Waals surface area (Å²) in [5, 5.41) is 2.89. The molecule has 2 rings (SSSR count). The number of rotatable bonds is 3. The summed E-state index contributed by atoms with van der Waals surface area (Å²) in [5.74, 6) is -1.76. The van der Waals surface area contributed by atoms with Crippen LogP contribution >= 0.6 is 0 Å². The maximum Gasteiger partial charge on any atom is 0.181 e. The molecule has 1 aromatic heterocycles. The van der Waals surface area contributed by atoms with Gasteiger partial charge in [-0.15, -0.1) is 0 Å². The Morgan fingerprint density at radius 1 is 1.17 bits per heavy atom. The first-order valence-electron chi connectivity index (χ1n) is 5.57.